The number of rotatable bonds is 3. The van der Waals surface area contributed by atoms with Crippen molar-refractivity contribution in [3.05, 3.63) is 24.3 Å². The predicted molar refractivity (Wildman–Crippen MR) is 41.9 cm³/mol. The highest BCUT2D eigenvalue weighted by atomic mass is 19.1. The first-order valence-electron chi connectivity index (χ1n) is 3.32. The second-order valence-electron chi connectivity index (χ2n) is 2.18. The molecule has 4 nitrogen and oxygen atoms in total. The van der Waals surface area contributed by atoms with Gasteiger partial charge in [-0.3, -0.25) is 9.78 Å². The lowest BCUT2D eigenvalue weighted by molar-refractivity contribution is -0.116. The summed E-state index contributed by atoms with van der Waals surface area (Å²) in [5, 5.41) is 2.52. The van der Waals surface area contributed by atoms with Crippen LogP contribution in [0.3, 0.4) is 0 Å². The van der Waals surface area contributed by atoms with Crippen molar-refractivity contribution in [3.63, 3.8) is 0 Å². The molecule has 0 unspecified atom stereocenters. The van der Waals surface area contributed by atoms with Crippen molar-refractivity contribution < 1.29 is 9.18 Å². The van der Waals surface area contributed by atoms with Crippen molar-refractivity contribution in [2.24, 2.45) is 5.73 Å². The van der Waals surface area contributed by atoms with E-state index in [4.69, 9.17) is 5.73 Å². The number of anilines is 1. The monoisotopic (exact) mass is 169 g/mol. The molecule has 1 aromatic heterocycles. The number of carbonyl (C=O) groups is 1. The average molecular weight is 169 g/mol. The molecule has 0 aliphatic heterocycles. The third kappa shape index (κ3) is 2.19. The van der Waals surface area contributed by atoms with E-state index in [0.717, 1.165) is 6.20 Å². The van der Waals surface area contributed by atoms with Crippen molar-refractivity contribution in [3.8, 4) is 0 Å². The molecule has 1 rings (SSSR count). The maximum atomic E-state index is 12.8. The second-order valence-corrected chi connectivity index (χ2v) is 2.18. The first-order chi connectivity index (χ1) is 5.70. The van der Waals surface area contributed by atoms with Gasteiger partial charge in [-0.15, -0.1) is 0 Å². The molecule has 3 N–H and O–H groups in total. The van der Waals surface area contributed by atoms with Gasteiger partial charge in [-0.2, -0.15) is 0 Å². The summed E-state index contributed by atoms with van der Waals surface area (Å²) in [4.78, 5) is 13.8. The fraction of sp³-hybridized carbons (Fsp3) is 0.143. The Bertz CT molecular complexity index is 290. The standard InChI is InChI=1S/C7H8FN3O/c8-5-3-10-2-1-6(5)11-4-7(9)12/h1-3H,4H2,(H2,9,12)(H,10,11). The minimum atomic E-state index is -0.536. The zero-order valence-electron chi connectivity index (χ0n) is 6.25. The molecule has 0 aromatic carbocycles. The second kappa shape index (κ2) is 3.66. The molecular weight excluding hydrogens is 161 g/mol. The number of amides is 1. The summed E-state index contributed by atoms with van der Waals surface area (Å²) in [7, 11) is 0. The SMILES string of the molecule is NC(=O)CNc1ccncc1F. The highest BCUT2D eigenvalue weighted by molar-refractivity contribution is 5.78. The summed E-state index contributed by atoms with van der Waals surface area (Å²) in [5.74, 6) is -1.04. The van der Waals surface area contributed by atoms with Crippen LogP contribution in [0.2, 0.25) is 0 Å². The van der Waals surface area contributed by atoms with Gasteiger partial charge in [0.15, 0.2) is 5.82 Å². The van der Waals surface area contributed by atoms with Crippen LogP contribution in [0.4, 0.5) is 10.1 Å². The highest BCUT2D eigenvalue weighted by Gasteiger charge is 2.00. The molecule has 1 aromatic rings. The normalized spacial score (nSPS) is 9.42. The molecule has 0 aliphatic rings. The van der Waals surface area contributed by atoms with Crippen LogP contribution in [0.25, 0.3) is 0 Å². The molecule has 0 bridgehead atoms. The summed E-state index contributed by atoms with van der Waals surface area (Å²) in [6, 6.07) is 1.43. The fourth-order valence-electron chi connectivity index (χ4n) is 0.701. The van der Waals surface area contributed by atoms with E-state index in [0.29, 0.717) is 0 Å². The average Bonchev–Trinajstić information content (AvgIpc) is 2.03. The van der Waals surface area contributed by atoms with Gasteiger partial charge in [-0.05, 0) is 6.07 Å². The van der Waals surface area contributed by atoms with Crippen molar-refractivity contribution in [2.75, 3.05) is 11.9 Å². The van der Waals surface area contributed by atoms with Crippen LogP contribution in [-0.2, 0) is 4.79 Å². The zero-order valence-corrected chi connectivity index (χ0v) is 6.25. The van der Waals surface area contributed by atoms with E-state index in [1.54, 1.807) is 0 Å². The summed E-state index contributed by atoms with van der Waals surface area (Å²) < 4.78 is 12.8. The van der Waals surface area contributed by atoms with Crippen molar-refractivity contribution in [1.82, 2.24) is 4.98 Å². The minimum absolute atomic E-state index is 0.0824. The van der Waals surface area contributed by atoms with Gasteiger partial charge in [-0.25, -0.2) is 4.39 Å². The first kappa shape index (κ1) is 8.45. The quantitative estimate of drug-likeness (QED) is 0.675. The Hall–Kier alpha value is -1.65. The van der Waals surface area contributed by atoms with Crippen LogP contribution in [0.15, 0.2) is 18.5 Å². The number of pyridine rings is 1. The van der Waals surface area contributed by atoms with Gasteiger partial charge in [0.1, 0.15) is 0 Å². The van der Waals surface area contributed by atoms with Crippen LogP contribution in [-0.4, -0.2) is 17.4 Å². The number of nitrogens with zero attached hydrogens (tertiary/aromatic N) is 1. The first-order valence-corrected chi connectivity index (χ1v) is 3.32. The summed E-state index contributed by atoms with van der Waals surface area (Å²) in [6.07, 6.45) is 2.48. The number of primary amides is 1. The molecule has 0 atom stereocenters. The van der Waals surface area contributed by atoms with E-state index in [-0.39, 0.29) is 12.2 Å². The van der Waals surface area contributed by atoms with Crippen LogP contribution < -0.4 is 11.1 Å². The molecule has 0 radical (unpaired) electrons. The molecule has 0 aliphatic carbocycles. The molecule has 1 heterocycles. The highest BCUT2D eigenvalue weighted by Crippen LogP contribution is 2.09. The van der Waals surface area contributed by atoms with Crippen LogP contribution in [0.1, 0.15) is 0 Å². The molecule has 12 heavy (non-hydrogen) atoms. The molecule has 0 saturated heterocycles. The van der Waals surface area contributed by atoms with Crippen molar-refractivity contribution in [1.29, 1.82) is 0 Å². The summed E-state index contributed by atoms with van der Waals surface area (Å²) >= 11 is 0. The molecule has 5 heteroatoms. The number of nitrogens with one attached hydrogen (secondary N) is 1. The summed E-state index contributed by atoms with van der Waals surface area (Å²) in [6.45, 7) is -0.0824. The Balaban J connectivity index is 2.63. The molecule has 0 spiro atoms. The fourth-order valence-corrected chi connectivity index (χ4v) is 0.701. The third-order valence-corrected chi connectivity index (χ3v) is 1.23. The van der Waals surface area contributed by atoms with Crippen LogP contribution in [0, 0.1) is 5.82 Å². The smallest absolute Gasteiger partial charge is 0.236 e. The van der Waals surface area contributed by atoms with E-state index in [1.807, 2.05) is 0 Å². The van der Waals surface area contributed by atoms with Gasteiger partial charge in [0.2, 0.25) is 5.91 Å². The molecule has 64 valence electrons. The predicted octanol–water partition coefficient (Wildman–Crippen LogP) is 0.118. The topological polar surface area (TPSA) is 68.0 Å². The lowest BCUT2D eigenvalue weighted by Gasteiger charge is -2.02. The van der Waals surface area contributed by atoms with Gasteiger partial charge >= 0.3 is 0 Å². The summed E-state index contributed by atoms with van der Waals surface area (Å²) in [5.41, 5.74) is 5.08. The number of halogens is 1. The third-order valence-electron chi connectivity index (χ3n) is 1.23. The Morgan fingerprint density at radius 2 is 2.50 bits per heavy atom. The number of hydrogen-bond acceptors (Lipinski definition) is 3. The number of nitrogens with two attached hydrogens (primary N) is 1. The van der Waals surface area contributed by atoms with Gasteiger partial charge in [0.05, 0.1) is 18.4 Å². The van der Waals surface area contributed by atoms with E-state index < -0.39 is 11.7 Å². The Morgan fingerprint density at radius 3 is 3.08 bits per heavy atom. The molecule has 1 amide bonds. The van der Waals surface area contributed by atoms with E-state index >= 15 is 0 Å². The van der Waals surface area contributed by atoms with Gasteiger partial charge in [0.25, 0.3) is 0 Å². The zero-order chi connectivity index (χ0) is 8.97. The van der Waals surface area contributed by atoms with Crippen molar-refractivity contribution >= 4 is 11.6 Å². The maximum Gasteiger partial charge on any atom is 0.236 e. The maximum absolute atomic E-state index is 12.8. The van der Waals surface area contributed by atoms with Crippen molar-refractivity contribution in [2.45, 2.75) is 0 Å². The van der Waals surface area contributed by atoms with Crippen LogP contribution >= 0.6 is 0 Å². The number of hydrogen-bond donors (Lipinski definition) is 2. The Kier molecular flexibility index (Phi) is 2.57. The lowest BCUT2D eigenvalue weighted by Crippen LogP contribution is -2.22. The van der Waals surface area contributed by atoms with Gasteiger partial charge in [-0.1, -0.05) is 0 Å². The minimum Gasteiger partial charge on any atom is -0.374 e. The number of aromatic nitrogens is 1. The molecule has 0 saturated carbocycles. The molecular formula is C7H8FN3O. The largest absolute Gasteiger partial charge is 0.374 e. The lowest BCUT2D eigenvalue weighted by atomic mass is 10.4. The molecule has 0 fully saturated rings. The van der Waals surface area contributed by atoms with Crippen LogP contribution in [0.5, 0.6) is 0 Å². The Labute approximate surface area is 68.6 Å². The van der Waals surface area contributed by atoms with Gasteiger partial charge in [0, 0.05) is 6.20 Å². The van der Waals surface area contributed by atoms with E-state index in [1.165, 1.54) is 12.3 Å². The van der Waals surface area contributed by atoms with Gasteiger partial charge < -0.3 is 11.1 Å². The van der Waals surface area contributed by atoms with E-state index in [2.05, 4.69) is 10.3 Å². The number of carbonyl (C=O) groups excluding carboxylic acids is 1. The van der Waals surface area contributed by atoms with E-state index in [9.17, 15) is 9.18 Å². The Morgan fingerprint density at radius 1 is 1.75 bits per heavy atom.